The van der Waals surface area contributed by atoms with Gasteiger partial charge in [-0.1, -0.05) is 29.5 Å². The van der Waals surface area contributed by atoms with Crippen LogP contribution in [0.4, 0.5) is 5.13 Å². The molecule has 4 rings (SSSR count). The summed E-state index contributed by atoms with van der Waals surface area (Å²) in [6, 6.07) is 11.7. The fraction of sp³-hybridized carbons (Fsp3) is 0.391. The third-order valence-corrected chi connectivity index (χ3v) is 6.11. The number of carbonyl (C=O) groups excluding carboxylic acids is 1. The molecule has 0 aliphatic carbocycles. The summed E-state index contributed by atoms with van der Waals surface area (Å²) in [4.78, 5) is 22.2. The molecule has 6 nitrogen and oxygen atoms in total. The summed E-state index contributed by atoms with van der Waals surface area (Å²) >= 11 is 1.55. The van der Waals surface area contributed by atoms with Gasteiger partial charge in [0, 0.05) is 6.54 Å². The minimum atomic E-state index is -0.686. The lowest BCUT2D eigenvalue weighted by atomic mass is 10.1. The van der Waals surface area contributed by atoms with Gasteiger partial charge in [-0.15, -0.1) is 0 Å². The van der Waals surface area contributed by atoms with Crippen molar-refractivity contribution in [2.45, 2.75) is 26.4 Å². The molecule has 2 heterocycles. The van der Waals surface area contributed by atoms with E-state index >= 15 is 0 Å². The first kappa shape index (κ1) is 20.6. The number of nitrogens with zero attached hydrogens (tertiary/aromatic N) is 3. The average molecular weight is 426 g/mol. The van der Waals surface area contributed by atoms with E-state index in [4.69, 9.17) is 14.5 Å². The zero-order chi connectivity index (χ0) is 21.3. The standard InChI is InChI=1S/C23H27N3O3S/c1-15-12-16(2)21-20(13-15)30-23(24-21)26(11-7-10-25(3)4)22(27)19-14-28-17-8-5-6-9-18(17)29-19/h5-6,8-9,12-13,19H,7,10-11,14H2,1-4H3/t19-/m1/s1. The second kappa shape index (κ2) is 8.62. The number of rotatable bonds is 6. The number of thiazole rings is 1. The summed E-state index contributed by atoms with van der Waals surface area (Å²) in [5.41, 5.74) is 3.28. The Kier molecular flexibility index (Phi) is 5.92. The van der Waals surface area contributed by atoms with E-state index in [1.807, 2.05) is 38.4 Å². The Bertz CT molecular complexity index is 1060. The summed E-state index contributed by atoms with van der Waals surface area (Å²) < 4.78 is 12.9. The van der Waals surface area contributed by atoms with Crippen molar-refractivity contribution in [1.82, 2.24) is 9.88 Å². The molecular formula is C23H27N3O3S. The predicted molar refractivity (Wildman–Crippen MR) is 121 cm³/mol. The number of hydrogen-bond acceptors (Lipinski definition) is 6. The lowest BCUT2D eigenvalue weighted by molar-refractivity contribution is -0.127. The molecule has 1 aliphatic heterocycles. The van der Waals surface area contributed by atoms with Gasteiger partial charge < -0.3 is 14.4 Å². The molecule has 1 atom stereocenters. The molecule has 158 valence electrons. The summed E-state index contributed by atoms with van der Waals surface area (Å²) in [5, 5.41) is 0.713. The van der Waals surface area contributed by atoms with Gasteiger partial charge in [0.25, 0.3) is 5.91 Å². The van der Waals surface area contributed by atoms with Crippen LogP contribution in [0.3, 0.4) is 0 Å². The van der Waals surface area contributed by atoms with Crippen LogP contribution in [0.15, 0.2) is 36.4 Å². The number of hydrogen-bond donors (Lipinski definition) is 0. The molecule has 0 unspecified atom stereocenters. The van der Waals surface area contributed by atoms with E-state index in [1.165, 1.54) is 5.56 Å². The zero-order valence-corrected chi connectivity index (χ0v) is 18.7. The van der Waals surface area contributed by atoms with Gasteiger partial charge in [-0.3, -0.25) is 9.69 Å². The number of ether oxygens (including phenoxy) is 2. The summed E-state index contributed by atoms with van der Waals surface area (Å²) in [7, 11) is 4.07. The van der Waals surface area contributed by atoms with Crippen LogP contribution in [0.5, 0.6) is 11.5 Å². The molecule has 1 aliphatic rings. The fourth-order valence-electron chi connectivity index (χ4n) is 3.63. The number of carbonyl (C=O) groups is 1. The number of anilines is 1. The smallest absolute Gasteiger partial charge is 0.273 e. The van der Waals surface area contributed by atoms with E-state index in [9.17, 15) is 4.79 Å². The molecular weight excluding hydrogens is 398 g/mol. The van der Waals surface area contributed by atoms with Gasteiger partial charge in [-0.2, -0.15) is 0 Å². The van der Waals surface area contributed by atoms with E-state index in [2.05, 4.69) is 30.9 Å². The quantitative estimate of drug-likeness (QED) is 0.597. The van der Waals surface area contributed by atoms with Gasteiger partial charge in [0.2, 0.25) is 6.10 Å². The molecule has 0 saturated carbocycles. The van der Waals surface area contributed by atoms with Crippen molar-refractivity contribution in [2.24, 2.45) is 0 Å². The molecule has 3 aromatic rings. The first-order valence-electron chi connectivity index (χ1n) is 10.1. The van der Waals surface area contributed by atoms with Crippen molar-refractivity contribution in [3.8, 4) is 11.5 Å². The number of amides is 1. The summed E-state index contributed by atoms with van der Waals surface area (Å²) in [5.74, 6) is 1.16. The Morgan fingerprint density at radius 1 is 1.17 bits per heavy atom. The highest BCUT2D eigenvalue weighted by Gasteiger charge is 2.33. The maximum atomic E-state index is 13.5. The maximum absolute atomic E-state index is 13.5. The molecule has 0 saturated heterocycles. The summed E-state index contributed by atoms with van der Waals surface area (Å²) in [6.45, 7) is 5.81. The van der Waals surface area contributed by atoms with Gasteiger partial charge in [0.05, 0.1) is 10.2 Å². The fourth-order valence-corrected chi connectivity index (χ4v) is 4.81. The zero-order valence-electron chi connectivity index (χ0n) is 17.8. The topological polar surface area (TPSA) is 54.9 Å². The highest BCUT2D eigenvalue weighted by Crippen LogP contribution is 2.34. The van der Waals surface area contributed by atoms with Gasteiger partial charge in [0.1, 0.15) is 6.61 Å². The maximum Gasteiger partial charge on any atom is 0.273 e. The SMILES string of the molecule is Cc1cc(C)c2nc(N(CCCN(C)C)C(=O)[C@H]3COc4ccccc4O3)sc2c1. The molecule has 1 aromatic heterocycles. The molecule has 0 fully saturated rings. The molecule has 1 amide bonds. The van der Waals surface area contributed by atoms with Crippen LogP contribution in [-0.2, 0) is 4.79 Å². The number of para-hydroxylation sites is 2. The van der Waals surface area contributed by atoms with Gasteiger partial charge in [-0.05, 0) is 70.2 Å². The van der Waals surface area contributed by atoms with Gasteiger partial charge in [0.15, 0.2) is 16.6 Å². The Hall–Kier alpha value is -2.64. The van der Waals surface area contributed by atoms with Crippen LogP contribution in [0.1, 0.15) is 17.5 Å². The van der Waals surface area contributed by atoms with E-state index < -0.39 is 6.10 Å². The number of fused-ring (bicyclic) bond motifs is 2. The molecule has 0 N–H and O–H groups in total. The Morgan fingerprint density at radius 3 is 2.70 bits per heavy atom. The first-order valence-corrected chi connectivity index (χ1v) is 11.0. The van der Waals surface area contributed by atoms with Crippen molar-refractivity contribution < 1.29 is 14.3 Å². The highest BCUT2D eigenvalue weighted by atomic mass is 32.1. The Morgan fingerprint density at radius 2 is 1.93 bits per heavy atom. The Balaban J connectivity index is 1.63. The Labute approximate surface area is 181 Å². The highest BCUT2D eigenvalue weighted by molar-refractivity contribution is 7.22. The third kappa shape index (κ3) is 4.27. The van der Waals surface area contributed by atoms with E-state index in [1.54, 1.807) is 16.2 Å². The van der Waals surface area contributed by atoms with Gasteiger partial charge >= 0.3 is 0 Å². The molecule has 30 heavy (non-hydrogen) atoms. The van der Waals surface area contributed by atoms with E-state index in [0.29, 0.717) is 23.2 Å². The van der Waals surface area contributed by atoms with Crippen LogP contribution in [-0.4, -0.2) is 55.7 Å². The lowest BCUT2D eigenvalue weighted by Crippen LogP contribution is -2.47. The number of aromatic nitrogens is 1. The van der Waals surface area contributed by atoms with Crippen molar-refractivity contribution in [3.05, 3.63) is 47.5 Å². The molecule has 0 radical (unpaired) electrons. The largest absolute Gasteiger partial charge is 0.485 e. The van der Waals surface area contributed by atoms with Crippen LogP contribution < -0.4 is 14.4 Å². The number of aryl methyl sites for hydroxylation is 2. The predicted octanol–water partition coefficient (Wildman–Crippen LogP) is 4.04. The van der Waals surface area contributed by atoms with Crippen LogP contribution in [0.2, 0.25) is 0 Å². The first-order chi connectivity index (χ1) is 14.4. The molecule has 7 heteroatoms. The second-order valence-corrected chi connectivity index (χ2v) is 8.95. The molecule has 0 bridgehead atoms. The third-order valence-electron chi connectivity index (χ3n) is 5.09. The van der Waals surface area contributed by atoms with Crippen molar-refractivity contribution in [1.29, 1.82) is 0 Å². The van der Waals surface area contributed by atoms with Crippen LogP contribution >= 0.6 is 11.3 Å². The van der Waals surface area contributed by atoms with Crippen molar-refractivity contribution >= 4 is 32.6 Å². The van der Waals surface area contributed by atoms with Crippen LogP contribution in [0, 0.1) is 13.8 Å². The monoisotopic (exact) mass is 425 g/mol. The number of benzene rings is 2. The van der Waals surface area contributed by atoms with Crippen LogP contribution in [0.25, 0.3) is 10.2 Å². The normalized spacial score (nSPS) is 15.6. The van der Waals surface area contributed by atoms with E-state index in [0.717, 1.165) is 28.7 Å². The van der Waals surface area contributed by atoms with Crippen molar-refractivity contribution in [2.75, 3.05) is 38.7 Å². The van der Waals surface area contributed by atoms with Gasteiger partial charge in [-0.25, -0.2) is 4.98 Å². The average Bonchev–Trinajstić information content (AvgIpc) is 3.14. The van der Waals surface area contributed by atoms with Crippen molar-refractivity contribution in [3.63, 3.8) is 0 Å². The molecule has 0 spiro atoms. The minimum absolute atomic E-state index is 0.114. The lowest BCUT2D eigenvalue weighted by Gasteiger charge is -2.29. The minimum Gasteiger partial charge on any atom is -0.485 e. The summed E-state index contributed by atoms with van der Waals surface area (Å²) in [6.07, 6.45) is 0.158. The molecule has 2 aromatic carbocycles. The second-order valence-electron chi connectivity index (χ2n) is 7.94. The van der Waals surface area contributed by atoms with E-state index in [-0.39, 0.29) is 12.5 Å².